The van der Waals surface area contributed by atoms with Crippen LogP contribution in [0.15, 0.2) is 127 Å². The topological polar surface area (TPSA) is 55.4 Å². The molecule has 1 fully saturated rings. The molecule has 5 aromatic rings. The Morgan fingerprint density at radius 3 is 1.65 bits per heavy atom. The summed E-state index contributed by atoms with van der Waals surface area (Å²) >= 11 is 10.6. The van der Waals surface area contributed by atoms with E-state index in [-0.39, 0.29) is 6.61 Å². The first kappa shape index (κ1) is 35.9. The first-order valence-electron chi connectivity index (χ1n) is 17.4. The standard InChI is InChI=1S/C43H42BrClO6/c44-24-34-23-36(39-35(38(34)45)21-22-47-39)40-42(49-27-32-17-9-3-10-18-32)43(50-28-33-19-11-4-12-20-33)41(48-26-31-15-7-2-8-16-31)37(51-40)29-46-25-30-13-5-1-6-14-30/h1-20,23,37,40-43H,21-22,24-29H2/t37-,40?,41-,42+,43+/m1/s1. The zero-order valence-electron chi connectivity index (χ0n) is 28.4. The second-order valence-electron chi connectivity index (χ2n) is 12.9. The van der Waals surface area contributed by atoms with Crippen LogP contribution in [0.5, 0.6) is 5.75 Å². The lowest BCUT2D eigenvalue weighted by molar-refractivity contribution is -0.275. The van der Waals surface area contributed by atoms with Crippen LogP contribution in [0.3, 0.4) is 0 Å². The summed E-state index contributed by atoms with van der Waals surface area (Å²) in [5, 5.41) is 1.32. The maximum atomic E-state index is 7.17. The van der Waals surface area contributed by atoms with Gasteiger partial charge in [0.1, 0.15) is 36.3 Å². The Morgan fingerprint density at radius 2 is 1.12 bits per heavy atom. The largest absolute Gasteiger partial charge is 0.493 e. The zero-order valence-corrected chi connectivity index (χ0v) is 30.7. The van der Waals surface area contributed by atoms with Gasteiger partial charge in [0.15, 0.2) is 0 Å². The molecule has 2 heterocycles. The summed E-state index contributed by atoms with van der Waals surface area (Å²) in [6.45, 7) is 2.37. The summed E-state index contributed by atoms with van der Waals surface area (Å²) in [6, 6.07) is 42.8. The first-order chi connectivity index (χ1) is 25.2. The van der Waals surface area contributed by atoms with Crippen LogP contribution >= 0.6 is 27.5 Å². The third-order valence-electron chi connectivity index (χ3n) is 9.35. The molecule has 0 bridgehead atoms. The van der Waals surface area contributed by atoms with E-state index in [9.17, 15) is 0 Å². The normalized spacial score (nSPS) is 21.3. The van der Waals surface area contributed by atoms with Gasteiger partial charge < -0.3 is 28.4 Å². The van der Waals surface area contributed by atoms with Gasteiger partial charge in [-0.15, -0.1) is 0 Å². The van der Waals surface area contributed by atoms with Gasteiger partial charge in [-0.1, -0.05) is 149 Å². The van der Waals surface area contributed by atoms with Crippen LogP contribution in [-0.4, -0.2) is 37.6 Å². The number of hydrogen-bond donors (Lipinski definition) is 0. The monoisotopic (exact) mass is 768 g/mol. The Balaban J connectivity index is 1.29. The summed E-state index contributed by atoms with van der Waals surface area (Å²) in [7, 11) is 0. The van der Waals surface area contributed by atoms with Crippen molar-refractivity contribution < 1.29 is 28.4 Å². The molecule has 1 saturated heterocycles. The van der Waals surface area contributed by atoms with Crippen molar-refractivity contribution in [1.29, 1.82) is 0 Å². The van der Waals surface area contributed by atoms with Crippen molar-refractivity contribution in [3.8, 4) is 5.75 Å². The van der Waals surface area contributed by atoms with E-state index in [4.69, 9.17) is 40.0 Å². The van der Waals surface area contributed by atoms with E-state index < -0.39 is 30.5 Å². The van der Waals surface area contributed by atoms with Crippen LogP contribution in [0.1, 0.15) is 45.0 Å². The van der Waals surface area contributed by atoms with Crippen molar-refractivity contribution in [2.24, 2.45) is 0 Å². The predicted molar refractivity (Wildman–Crippen MR) is 202 cm³/mol. The third kappa shape index (κ3) is 8.93. The number of ether oxygens (including phenoxy) is 6. The molecule has 0 aliphatic carbocycles. The van der Waals surface area contributed by atoms with Gasteiger partial charge in [0.25, 0.3) is 0 Å². The summed E-state index contributed by atoms with van der Waals surface area (Å²) in [4.78, 5) is 0. The molecule has 264 valence electrons. The van der Waals surface area contributed by atoms with E-state index in [2.05, 4.69) is 70.5 Å². The van der Waals surface area contributed by atoms with Crippen LogP contribution in [0.2, 0.25) is 5.02 Å². The summed E-state index contributed by atoms with van der Waals surface area (Å²) < 4.78 is 40.6. The van der Waals surface area contributed by atoms with Gasteiger partial charge in [-0.2, -0.15) is 0 Å². The first-order valence-corrected chi connectivity index (χ1v) is 18.9. The second kappa shape index (κ2) is 17.8. The number of rotatable bonds is 15. The zero-order chi connectivity index (χ0) is 34.8. The molecule has 51 heavy (non-hydrogen) atoms. The maximum Gasteiger partial charge on any atom is 0.130 e. The van der Waals surface area contributed by atoms with Crippen LogP contribution < -0.4 is 4.74 Å². The highest BCUT2D eigenvalue weighted by Crippen LogP contribution is 2.47. The van der Waals surface area contributed by atoms with Gasteiger partial charge in [0.2, 0.25) is 0 Å². The Morgan fingerprint density at radius 1 is 0.627 bits per heavy atom. The number of fused-ring (bicyclic) bond motifs is 1. The van der Waals surface area contributed by atoms with Crippen LogP contribution in [0.4, 0.5) is 0 Å². The van der Waals surface area contributed by atoms with Gasteiger partial charge in [-0.3, -0.25) is 0 Å². The molecular formula is C43H42BrClO6. The van der Waals surface area contributed by atoms with E-state index >= 15 is 0 Å². The predicted octanol–water partition coefficient (Wildman–Crippen LogP) is 9.58. The molecule has 0 amide bonds. The van der Waals surface area contributed by atoms with Gasteiger partial charge in [0.05, 0.1) is 44.7 Å². The molecule has 0 N–H and O–H groups in total. The van der Waals surface area contributed by atoms with Crippen LogP contribution in [0.25, 0.3) is 0 Å². The minimum absolute atomic E-state index is 0.281. The van der Waals surface area contributed by atoms with Crippen LogP contribution in [0, 0.1) is 0 Å². The van der Waals surface area contributed by atoms with Crippen molar-refractivity contribution in [2.45, 2.75) is 68.7 Å². The molecule has 5 atom stereocenters. The quantitative estimate of drug-likeness (QED) is 0.0990. The lowest BCUT2D eigenvalue weighted by Gasteiger charge is -2.46. The molecule has 2 aliphatic heterocycles. The highest BCUT2D eigenvalue weighted by Gasteiger charge is 2.50. The van der Waals surface area contributed by atoms with Gasteiger partial charge in [-0.25, -0.2) is 0 Å². The van der Waals surface area contributed by atoms with Crippen molar-refractivity contribution in [3.05, 3.63) is 171 Å². The van der Waals surface area contributed by atoms with E-state index in [0.29, 0.717) is 38.4 Å². The van der Waals surface area contributed by atoms with Crippen molar-refractivity contribution in [2.75, 3.05) is 13.2 Å². The molecule has 0 aromatic heterocycles. The molecule has 6 nitrogen and oxygen atoms in total. The fraction of sp³-hybridized carbons (Fsp3) is 0.302. The average molecular weight is 770 g/mol. The second-order valence-corrected chi connectivity index (χ2v) is 13.8. The third-order valence-corrected chi connectivity index (χ3v) is 10.4. The van der Waals surface area contributed by atoms with Crippen molar-refractivity contribution in [1.82, 2.24) is 0 Å². The van der Waals surface area contributed by atoms with E-state index in [0.717, 1.165) is 56.1 Å². The van der Waals surface area contributed by atoms with E-state index in [1.807, 2.05) is 72.8 Å². The molecular weight excluding hydrogens is 728 g/mol. The lowest BCUT2D eigenvalue weighted by Crippen LogP contribution is -2.58. The smallest absolute Gasteiger partial charge is 0.130 e. The molecule has 5 aromatic carbocycles. The molecule has 0 radical (unpaired) electrons. The number of benzene rings is 5. The summed E-state index contributed by atoms with van der Waals surface area (Å²) in [5.74, 6) is 0.762. The molecule has 1 unspecified atom stereocenters. The molecule has 0 saturated carbocycles. The maximum absolute atomic E-state index is 7.17. The number of hydrogen-bond acceptors (Lipinski definition) is 6. The Kier molecular flexibility index (Phi) is 12.5. The lowest BCUT2D eigenvalue weighted by atomic mass is 9.88. The minimum Gasteiger partial charge on any atom is -0.493 e. The minimum atomic E-state index is -0.572. The molecule has 0 spiro atoms. The van der Waals surface area contributed by atoms with E-state index in [1.54, 1.807) is 0 Å². The Hall–Kier alpha value is -3.53. The SMILES string of the molecule is Clc1c(CBr)cc(C2O[C@H](COCc3ccccc3)[C@@H](OCc3ccccc3)[C@H](OCc3ccccc3)[C@H]2OCc2ccccc2)c2c1CCO2. The molecule has 7 rings (SSSR count). The summed E-state index contributed by atoms with van der Waals surface area (Å²) in [6.07, 6.45) is -1.98. The van der Waals surface area contributed by atoms with Crippen LogP contribution in [-0.2, 0) is 61.9 Å². The van der Waals surface area contributed by atoms with Crippen molar-refractivity contribution >= 4 is 27.5 Å². The Labute approximate surface area is 313 Å². The highest BCUT2D eigenvalue weighted by atomic mass is 79.9. The summed E-state index contributed by atoms with van der Waals surface area (Å²) in [5.41, 5.74) is 7.10. The average Bonchev–Trinajstić information content (AvgIpc) is 3.69. The fourth-order valence-electron chi connectivity index (χ4n) is 6.78. The number of alkyl halides is 1. The van der Waals surface area contributed by atoms with Gasteiger partial charge >= 0.3 is 0 Å². The van der Waals surface area contributed by atoms with E-state index in [1.165, 1.54) is 0 Å². The van der Waals surface area contributed by atoms with Gasteiger partial charge in [0, 0.05) is 22.9 Å². The fourth-order valence-corrected chi connectivity index (χ4v) is 7.69. The molecule has 2 aliphatic rings. The molecule has 8 heteroatoms. The number of halogens is 2. The van der Waals surface area contributed by atoms with Gasteiger partial charge in [-0.05, 0) is 33.9 Å². The van der Waals surface area contributed by atoms with Crippen molar-refractivity contribution in [3.63, 3.8) is 0 Å². The Bertz CT molecular complexity index is 1810. The highest BCUT2D eigenvalue weighted by molar-refractivity contribution is 9.08.